The predicted octanol–water partition coefficient (Wildman–Crippen LogP) is 3.27. The third kappa shape index (κ3) is 3.41. The van der Waals surface area contributed by atoms with Gasteiger partial charge in [-0.3, -0.25) is 0 Å². The number of rotatable bonds is 4. The van der Waals surface area contributed by atoms with Crippen molar-refractivity contribution in [1.82, 2.24) is 0 Å². The molecule has 0 saturated heterocycles. The lowest BCUT2D eigenvalue weighted by Gasteiger charge is -2.15. The number of hydrogen-bond donors (Lipinski definition) is 1. The van der Waals surface area contributed by atoms with Crippen molar-refractivity contribution < 1.29 is 5.11 Å². The maximum absolute atomic E-state index is 8.78. The summed E-state index contributed by atoms with van der Waals surface area (Å²) in [6, 6.07) is 10.2. The van der Waals surface area contributed by atoms with Crippen molar-refractivity contribution in [2.45, 2.75) is 16.1 Å². The normalized spacial score (nSPS) is 15.3. The first-order chi connectivity index (χ1) is 6.25. The monoisotopic (exact) mass is 306 g/mol. The highest BCUT2D eigenvalue weighted by atomic mass is 79.9. The van der Waals surface area contributed by atoms with E-state index in [1.165, 1.54) is 5.56 Å². The molecule has 1 rings (SSSR count). The summed E-state index contributed by atoms with van der Waals surface area (Å²) < 4.78 is 0. The van der Waals surface area contributed by atoms with Crippen LogP contribution in [-0.2, 0) is 0 Å². The number of aliphatic hydroxyl groups excluding tert-OH is 1. The Morgan fingerprint density at radius 2 is 1.77 bits per heavy atom. The standard InChI is InChI=1S/C10H12Br2O/c11-9(6-7-13)10(12)8-4-2-1-3-5-8/h1-5,9-10,13H,6-7H2/t9-,10+/m0/s1. The van der Waals surface area contributed by atoms with E-state index < -0.39 is 0 Å². The smallest absolute Gasteiger partial charge is 0.0521 e. The van der Waals surface area contributed by atoms with Crippen LogP contribution in [-0.4, -0.2) is 16.5 Å². The van der Waals surface area contributed by atoms with E-state index in [0.29, 0.717) is 0 Å². The van der Waals surface area contributed by atoms with Gasteiger partial charge in [0.25, 0.3) is 0 Å². The van der Waals surface area contributed by atoms with E-state index in [1.807, 2.05) is 18.2 Å². The first kappa shape index (κ1) is 11.2. The lowest BCUT2D eigenvalue weighted by molar-refractivity contribution is 0.287. The molecule has 0 saturated carbocycles. The second kappa shape index (κ2) is 5.78. The van der Waals surface area contributed by atoms with Crippen molar-refractivity contribution in [3.63, 3.8) is 0 Å². The zero-order valence-corrected chi connectivity index (χ0v) is 10.3. The Balaban J connectivity index is 2.62. The maximum atomic E-state index is 8.78. The number of alkyl halides is 2. The molecule has 2 atom stereocenters. The molecule has 0 heterocycles. The van der Waals surface area contributed by atoms with Crippen LogP contribution >= 0.6 is 31.9 Å². The van der Waals surface area contributed by atoms with E-state index >= 15 is 0 Å². The van der Waals surface area contributed by atoms with Crippen LogP contribution in [0, 0.1) is 0 Å². The molecular weight excluding hydrogens is 296 g/mol. The minimum Gasteiger partial charge on any atom is -0.396 e. The van der Waals surface area contributed by atoms with Crippen molar-refractivity contribution in [2.24, 2.45) is 0 Å². The Morgan fingerprint density at radius 3 is 2.31 bits per heavy atom. The molecule has 3 heteroatoms. The molecule has 0 amide bonds. The van der Waals surface area contributed by atoms with Crippen LogP contribution in [0.3, 0.4) is 0 Å². The highest BCUT2D eigenvalue weighted by molar-refractivity contribution is 9.12. The Morgan fingerprint density at radius 1 is 1.15 bits per heavy atom. The quantitative estimate of drug-likeness (QED) is 0.847. The van der Waals surface area contributed by atoms with Crippen LogP contribution in [0.1, 0.15) is 16.8 Å². The minimum atomic E-state index is 0.213. The summed E-state index contributed by atoms with van der Waals surface area (Å²) in [7, 11) is 0. The average Bonchev–Trinajstić information content (AvgIpc) is 2.18. The lowest BCUT2D eigenvalue weighted by atomic mass is 10.1. The largest absolute Gasteiger partial charge is 0.396 e. The summed E-state index contributed by atoms with van der Waals surface area (Å²) in [6.45, 7) is 0.213. The molecule has 0 unspecified atom stereocenters. The fraction of sp³-hybridized carbons (Fsp3) is 0.400. The zero-order chi connectivity index (χ0) is 9.68. The van der Waals surface area contributed by atoms with E-state index in [9.17, 15) is 0 Å². The maximum Gasteiger partial charge on any atom is 0.0521 e. The summed E-state index contributed by atoms with van der Waals surface area (Å²) in [5.41, 5.74) is 1.23. The van der Waals surface area contributed by atoms with Crippen molar-refractivity contribution in [1.29, 1.82) is 0 Å². The highest BCUT2D eigenvalue weighted by Crippen LogP contribution is 2.32. The first-order valence-electron chi connectivity index (χ1n) is 4.19. The van der Waals surface area contributed by atoms with Gasteiger partial charge in [-0.25, -0.2) is 0 Å². The molecule has 1 N–H and O–H groups in total. The molecule has 72 valence electrons. The molecule has 0 aliphatic rings. The lowest BCUT2D eigenvalue weighted by Crippen LogP contribution is -2.08. The summed E-state index contributed by atoms with van der Waals surface area (Å²) >= 11 is 7.13. The molecule has 1 aromatic rings. The van der Waals surface area contributed by atoms with Gasteiger partial charge in [-0.05, 0) is 12.0 Å². The molecule has 13 heavy (non-hydrogen) atoms. The van der Waals surface area contributed by atoms with E-state index in [4.69, 9.17) is 5.11 Å². The van der Waals surface area contributed by atoms with Gasteiger partial charge < -0.3 is 5.11 Å². The van der Waals surface area contributed by atoms with Crippen LogP contribution in [0.4, 0.5) is 0 Å². The molecule has 1 nitrogen and oxygen atoms in total. The Bertz CT molecular complexity index is 238. The molecule has 1 aromatic carbocycles. The van der Waals surface area contributed by atoms with Crippen molar-refractivity contribution in [3.8, 4) is 0 Å². The molecule has 0 aromatic heterocycles. The third-order valence-electron chi connectivity index (χ3n) is 1.84. The molecule has 0 aliphatic carbocycles. The van der Waals surface area contributed by atoms with Gasteiger partial charge in [-0.1, -0.05) is 62.2 Å². The first-order valence-corrected chi connectivity index (χ1v) is 6.02. The van der Waals surface area contributed by atoms with Crippen molar-refractivity contribution in [2.75, 3.05) is 6.61 Å². The molecular formula is C10H12Br2O. The second-order valence-corrected chi connectivity index (χ2v) is 5.00. The van der Waals surface area contributed by atoms with Crippen LogP contribution in [0.25, 0.3) is 0 Å². The molecule has 0 fully saturated rings. The SMILES string of the molecule is OCC[C@H](Br)[C@H](Br)c1ccccc1. The van der Waals surface area contributed by atoms with Crippen molar-refractivity contribution in [3.05, 3.63) is 35.9 Å². The number of hydrogen-bond acceptors (Lipinski definition) is 1. The molecule has 0 bridgehead atoms. The zero-order valence-electron chi connectivity index (χ0n) is 7.16. The van der Waals surface area contributed by atoms with Gasteiger partial charge in [0.2, 0.25) is 0 Å². The molecule has 0 spiro atoms. The van der Waals surface area contributed by atoms with Crippen LogP contribution in [0.2, 0.25) is 0 Å². The van der Waals surface area contributed by atoms with Gasteiger partial charge in [0, 0.05) is 11.4 Å². The fourth-order valence-corrected chi connectivity index (χ4v) is 2.19. The summed E-state index contributed by atoms with van der Waals surface area (Å²) in [5.74, 6) is 0. The Kier molecular flexibility index (Phi) is 4.99. The summed E-state index contributed by atoms with van der Waals surface area (Å²) in [5, 5.41) is 8.78. The van der Waals surface area contributed by atoms with E-state index in [0.717, 1.165) is 6.42 Å². The van der Waals surface area contributed by atoms with Gasteiger partial charge in [-0.15, -0.1) is 0 Å². The predicted molar refractivity (Wildman–Crippen MR) is 62.5 cm³/mol. The van der Waals surface area contributed by atoms with Crippen LogP contribution < -0.4 is 0 Å². The fourth-order valence-electron chi connectivity index (χ4n) is 1.12. The van der Waals surface area contributed by atoms with Gasteiger partial charge in [0.05, 0.1) is 4.83 Å². The average molecular weight is 308 g/mol. The Labute approximate surface area is 95.4 Å². The molecule has 0 aliphatic heterocycles. The van der Waals surface area contributed by atoms with Gasteiger partial charge in [0.1, 0.15) is 0 Å². The topological polar surface area (TPSA) is 20.2 Å². The van der Waals surface area contributed by atoms with Crippen molar-refractivity contribution >= 4 is 31.9 Å². The van der Waals surface area contributed by atoms with Gasteiger partial charge in [-0.2, -0.15) is 0 Å². The van der Waals surface area contributed by atoms with Gasteiger partial charge >= 0.3 is 0 Å². The number of benzene rings is 1. The number of halogens is 2. The molecule has 0 radical (unpaired) electrons. The van der Waals surface area contributed by atoms with E-state index in [2.05, 4.69) is 44.0 Å². The Hall–Kier alpha value is 0.140. The van der Waals surface area contributed by atoms with Crippen LogP contribution in [0.15, 0.2) is 30.3 Å². The third-order valence-corrected chi connectivity index (χ3v) is 4.70. The summed E-state index contributed by atoms with van der Waals surface area (Å²) in [6.07, 6.45) is 0.755. The minimum absolute atomic E-state index is 0.213. The van der Waals surface area contributed by atoms with E-state index in [1.54, 1.807) is 0 Å². The second-order valence-electron chi connectivity index (χ2n) is 2.84. The van der Waals surface area contributed by atoms with Crippen LogP contribution in [0.5, 0.6) is 0 Å². The van der Waals surface area contributed by atoms with Gasteiger partial charge in [0.15, 0.2) is 0 Å². The highest BCUT2D eigenvalue weighted by Gasteiger charge is 2.16. The number of aliphatic hydroxyl groups is 1. The van der Waals surface area contributed by atoms with E-state index in [-0.39, 0.29) is 16.3 Å². The summed E-state index contributed by atoms with van der Waals surface area (Å²) in [4.78, 5) is 0.542.